The molecular weight excluding hydrogens is 200 g/mol. The Labute approximate surface area is 96.3 Å². The van der Waals surface area contributed by atoms with Gasteiger partial charge in [-0.15, -0.1) is 0 Å². The van der Waals surface area contributed by atoms with Gasteiger partial charge in [0.05, 0.1) is 5.56 Å². The summed E-state index contributed by atoms with van der Waals surface area (Å²) in [5, 5.41) is 3.11. The van der Waals surface area contributed by atoms with Gasteiger partial charge < -0.3 is 5.32 Å². The number of hydrogen-bond acceptors (Lipinski definition) is 2. The number of carbonyl (C=O) groups is 1. The highest BCUT2D eigenvalue weighted by atomic mass is 16.1. The first-order valence-corrected chi connectivity index (χ1v) is 5.98. The first kappa shape index (κ1) is 11.1. The molecule has 0 bridgehead atoms. The monoisotopic (exact) mass is 218 g/mol. The molecule has 1 amide bonds. The first-order valence-electron chi connectivity index (χ1n) is 5.98. The van der Waals surface area contributed by atoms with Gasteiger partial charge in [-0.2, -0.15) is 0 Å². The normalized spacial score (nSPS) is 25.1. The SMILES string of the molecule is C[C@H]1CCCC[C@@H]1NC(=O)c1cccnc1. The van der Waals surface area contributed by atoms with Crippen molar-refractivity contribution in [2.24, 2.45) is 5.92 Å². The summed E-state index contributed by atoms with van der Waals surface area (Å²) in [7, 11) is 0. The van der Waals surface area contributed by atoms with Crippen molar-refractivity contribution in [1.29, 1.82) is 0 Å². The molecule has 2 rings (SSSR count). The van der Waals surface area contributed by atoms with E-state index in [1.165, 1.54) is 19.3 Å². The van der Waals surface area contributed by atoms with Gasteiger partial charge in [-0.05, 0) is 30.9 Å². The zero-order valence-corrected chi connectivity index (χ0v) is 9.65. The Bertz CT molecular complexity index is 350. The quantitative estimate of drug-likeness (QED) is 0.828. The number of nitrogens with one attached hydrogen (secondary N) is 1. The average Bonchev–Trinajstić information content (AvgIpc) is 2.33. The maximum absolute atomic E-state index is 11.9. The van der Waals surface area contributed by atoms with Crippen molar-refractivity contribution < 1.29 is 4.79 Å². The van der Waals surface area contributed by atoms with Gasteiger partial charge in [-0.25, -0.2) is 0 Å². The van der Waals surface area contributed by atoms with Gasteiger partial charge in [-0.1, -0.05) is 19.8 Å². The lowest BCUT2D eigenvalue weighted by molar-refractivity contribution is 0.0910. The van der Waals surface area contributed by atoms with Crippen LogP contribution in [-0.4, -0.2) is 16.9 Å². The molecule has 1 aromatic rings. The molecule has 2 atom stereocenters. The van der Waals surface area contributed by atoms with Gasteiger partial charge in [0, 0.05) is 18.4 Å². The van der Waals surface area contributed by atoms with Crippen LogP contribution in [0.5, 0.6) is 0 Å². The van der Waals surface area contributed by atoms with E-state index in [-0.39, 0.29) is 5.91 Å². The van der Waals surface area contributed by atoms with Crippen LogP contribution < -0.4 is 5.32 Å². The van der Waals surface area contributed by atoms with Crippen molar-refractivity contribution in [3.05, 3.63) is 30.1 Å². The van der Waals surface area contributed by atoms with Crippen LogP contribution in [0.2, 0.25) is 0 Å². The van der Waals surface area contributed by atoms with E-state index in [0.29, 0.717) is 17.5 Å². The fourth-order valence-corrected chi connectivity index (χ4v) is 2.28. The highest BCUT2D eigenvalue weighted by molar-refractivity contribution is 5.94. The number of pyridine rings is 1. The highest BCUT2D eigenvalue weighted by Crippen LogP contribution is 2.23. The summed E-state index contributed by atoms with van der Waals surface area (Å²) in [4.78, 5) is 15.9. The average molecular weight is 218 g/mol. The minimum absolute atomic E-state index is 0.00634. The number of hydrogen-bond donors (Lipinski definition) is 1. The number of aromatic nitrogens is 1. The zero-order valence-electron chi connectivity index (χ0n) is 9.65. The Morgan fingerprint density at radius 2 is 2.25 bits per heavy atom. The Hall–Kier alpha value is -1.38. The molecule has 0 aliphatic heterocycles. The second-order valence-corrected chi connectivity index (χ2v) is 4.58. The van der Waals surface area contributed by atoms with E-state index < -0.39 is 0 Å². The second-order valence-electron chi connectivity index (χ2n) is 4.58. The predicted octanol–water partition coefficient (Wildman–Crippen LogP) is 2.39. The molecule has 86 valence electrons. The maximum Gasteiger partial charge on any atom is 0.253 e. The molecular formula is C13H18N2O. The Kier molecular flexibility index (Phi) is 3.54. The molecule has 1 fully saturated rings. The molecule has 0 radical (unpaired) electrons. The third kappa shape index (κ3) is 2.60. The summed E-state index contributed by atoms with van der Waals surface area (Å²) in [6.07, 6.45) is 8.14. The molecule has 0 aromatic carbocycles. The largest absolute Gasteiger partial charge is 0.349 e. The lowest BCUT2D eigenvalue weighted by Gasteiger charge is -2.29. The minimum atomic E-state index is 0.00634. The van der Waals surface area contributed by atoms with E-state index in [0.717, 1.165) is 6.42 Å². The van der Waals surface area contributed by atoms with Gasteiger partial charge in [0.15, 0.2) is 0 Å². The minimum Gasteiger partial charge on any atom is -0.349 e. The molecule has 3 heteroatoms. The third-order valence-electron chi connectivity index (χ3n) is 3.35. The van der Waals surface area contributed by atoms with Gasteiger partial charge in [0.2, 0.25) is 0 Å². The molecule has 1 saturated carbocycles. The van der Waals surface area contributed by atoms with Crippen molar-refractivity contribution in [3.8, 4) is 0 Å². The molecule has 1 aliphatic carbocycles. The van der Waals surface area contributed by atoms with E-state index in [4.69, 9.17) is 0 Å². The fourth-order valence-electron chi connectivity index (χ4n) is 2.28. The van der Waals surface area contributed by atoms with Crippen molar-refractivity contribution in [1.82, 2.24) is 10.3 Å². The van der Waals surface area contributed by atoms with Crippen LogP contribution in [-0.2, 0) is 0 Å². The molecule has 1 heterocycles. The fraction of sp³-hybridized carbons (Fsp3) is 0.538. The lowest BCUT2D eigenvalue weighted by atomic mass is 9.86. The number of carbonyl (C=O) groups excluding carboxylic acids is 1. The van der Waals surface area contributed by atoms with Crippen molar-refractivity contribution in [2.45, 2.75) is 38.6 Å². The van der Waals surface area contributed by atoms with Crippen LogP contribution in [0.4, 0.5) is 0 Å². The van der Waals surface area contributed by atoms with Crippen molar-refractivity contribution in [3.63, 3.8) is 0 Å². The van der Waals surface area contributed by atoms with Gasteiger partial charge in [0.1, 0.15) is 0 Å². The summed E-state index contributed by atoms with van der Waals surface area (Å²) >= 11 is 0. The Morgan fingerprint density at radius 1 is 1.44 bits per heavy atom. The highest BCUT2D eigenvalue weighted by Gasteiger charge is 2.23. The predicted molar refractivity (Wildman–Crippen MR) is 63.1 cm³/mol. The third-order valence-corrected chi connectivity index (χ3v) is 3.35. The van der Waals surface area contributed by atoms with Crippen LogP contribution in [0.3, 0.4) is 0 Å². The Balaban J connectivity index is 1.96. The summed E-state index contributed by atoms with van der Waals surface area (Å²) in [5.74, 6) is 0.598. The first-order chi connectivity index (χ1) is 7.77. The van der Waals surface area contributed by atoms with Crippen LogP contribution >= 0.6 is 0 Å². The number of rotatable bonds is 2. The standard InChI is InChI=1S/C13H18N2O/c1-10-5-2-3-7-12(10)15-13(16)11-6-4-8-14-9-11/h4,6,8-10,12H,2-3,5,7H2,1H3,(H,15,16)/t10-,12-/m0/s1. The van der Waals surface area contributed by atoms with Crippen LogP contribution in [0.25, 0.3) is 0 Å². The molecule has 0 saturated heterocycles. The van der Waals surface area contributed by atoms with E-state index in [9.17, 15) is 4.79 Å². The molecule has 1 aliphatic rings. The second kappa shape index (κ2) is 5.10. The molecule has 3 nitrogen and oxygen atoms in total. The number of nitrogens with zero attached hydrogens (tertiary/aromatic N) is 1. The zero-order chi connectivity index (χ0) is 11.4. The van der Waals surface area contributed by atoms with Crippen LogP contribution in [0.1, 0.15) is 43.0 Å². The maximum atomic E-state index is 11.9. The van der Waals surface area contributed by atoms with Gasteiger partial charge in [0.25, 0.3) is 5.91 Å². The van der Waals surface area contributed by atoms with Crippen LogP contribution in [0, 0.1) is 5.92 Å². The molecule has 16 heavy (non-hydrogen) atoms. The van der Waals surface area contributed by atoms with Gasteiger partial charge >= 0.3 is 0 Å². The van der Waals surface area contributed by atoms with E-state index >= 15 is 0 Å². The molecule has 0 unspecified atom stereocenters. The van der Waals surface area contributed by atoms with Crippen molar-refractivity contribution >= 4 is 5.91 Å². The summed E-state index contributed by atoms with van der Waals surface area (Å²) in [5.41, 5.74) is 0.653. The summed E-state index contributed by atoms with van der Waals surface area (Å²) < 4.78 is 0. The summed E-state index contributed by atoms with van der Waals surface area (Å²) in [6, 6.07) is 3.93. The Morgan fingerprint density at radius 3 is 2.94 bits per heavy atom. The molecule has 1 N–H and O–H groups in total. The van der Waals surface area contributed by atoms with Crippen molar-refractivity contribution in [2.75, 3.05) is 0 Å². The summed E-state index contributed by atoms with van der Waals surface area (Å²) in [6.45, 7) is 2.22. The van der Waals surface area contributed by atoms with Gasteiger partial charge in [-0.3, -0.25) is 9.78 Å². The molecule has 1 aromatic heterocycles. The number of amides is 1. The van der Waals surface area contributed by atoms with E-state index in [1.54, 1.807) is 24.5 Å². The van der Waals surface area contributed by atoms with Crippen LogP contribution in [0.15, 0.2) is 24.5 Å². The molecule has 0 spiro atoms. The van der Waals surface area contributed by atoms with E-state index in [1.807, 2.05) is 0 Å². The van der Waals surface area contributed by atoms with E-state index in [2.05, 4.69) is 17.2 Å². The smallest absolute Gasteiger partial charge is 0.253 e. The lowest BCUT2D eigenvalue weighted by Crippen LogP contribution is -2.41. The topological polar surface area (TPSA) is 42.0 Å².